The molecule has 0 saturated carbocycles. The zero-order valence-electron chi connectivity index (χ0n) is 21.2. The molecule has 2 unspecified atom stereocenters. The molecule has 1 aromatic rings. The van der Waals surface area contributed by atoms with Crippen molar-refractivity contribution in [1.29, 1.82) is 0 Å². The molecule has 1 aromatic carbocycles. The lowest BCUT2D eigenvalue weighted by Gasteiger charge is -2.13. The number of aryl methyl sites for hydroxylation is 1. The van der Waals surface area contributed by atoms with Crippen LogP contribution in [0.1, 0.15) is 71.4 Å². The van der Waals surface area contributed by atoms with Crippen LogP contribution in [0.25, 0.3) is 0 Å². The second-order valence-electron chi connectivity index (χ2n) is 9.22. The van der Waals surface area contributed by atoms with Crippen molar-refractivity contribution in [3.05, 3.63) is 58.2 Å². The van der Waals surface area contributed by atoms with E-state index in [4.69, 9.17) is 4.74 Å². The summed E-state index contributed by atoms with van der Waals surface area (Å²) in [5.74, 6) is 0.606. The summed E-state index contributed by atoms with van der Waals surface area (Å²) >= 11 is 0. The maximum absolute atomic E-state index is 12.4. The molecule has 0 fully saturated rings. The van der Waals surface area contributed by atoms with Crippen LogP contribution in [0.5, 0.6) is 11.5 Å². The van der Waals surface area contributed by atoms with Gasteiger partial charge in [-0.2, -0.15) is 0 Å². The molecule has 0 aromatic heterocycles. The van der Waals surface area contributed by atoms with Gasteiger partial charge in [0, 0.05) is 17.9 Å². The zero-order chi connectivity index (χ0) is 25.1. The Morgan fingerprint density at radius 2 is 1.79 bits per heavy atom. The molecule has 182 valence electrons. The molecule has 33 heavy (non-hydrogen) atoms. The van der Waals surface area contributed by atoms with Crippen LogP contribution >= 0.6 is 0 Å². The number of phenols is 1. The standard InChI is InChI=1S/C28H40O5/c1-18(2)13-26(30)28(32)21(5)10-8-9-19(3)14-24(29)15-20(4)11-12-23-17-25(33-7)16-22(6)27(23)31/h11,13-14,16-17,21,26,30-31H,8-10,12,15H2,1-7H3/b19-14+,20-11+. The van der Waals surface area contributed by atoms with E-state index in [-0.39, 0.29) is 23.2 Å². The molecule has 5 nitrogen and oxygen atoms in total. The minimum Gasteiger partial charge on any atom is -0.507 e. The van der Waals surface area contributed by atoms with Gasteiger partial charge in [-0.05, 0) is 84.1 Å². The third kappa shape index (κ3) is 10.2. The van der Waals surface area contributed by atoms with Crippen LogP contribution in [0.2, 0.25) is 0 Å². The molecular weight excluding hydrogens is 416 g/mol. The van der Waals surface area contributed by atoms with Gasteiger partial charge < -0.3 is 14.9 Å². The van der Waals surface area contributed by atoms with Crippen LogP contribution in [0.15, 0.2) is 47.1 Å². The van der Waals surface area contributed by atoms with E-state index < -0.39 is 6.10 Å². The lowest BCUT2D eigenvalue weighted by atomic mass is 9.94. The molecule has 0 aliphatic carbocycles. The number of carbonyl (C=O) groups is 2. The number of carbonyl (C=O) groups excluding carboxylic acids is 2. The van der Waals surface area contributed by atoms with Crippen molar-refractivity contribution in [2.24, 2.45) is 5.92 Å². The summed E-state index contributed by atoms with van der Waals surface area (Å²) in [6.45, 7) is 11.2. The highest BCUT2D eigenvalue weighted by Gasteiger charge is 2.19. The fourth-order valence-corrected chi connectivity index (χ4v) is 3.64. The molecule has 2 atom stereocenters. The SMILES string of the molecule is COc1cc(C)c(O)c(C/C=C(\C)CC(=O)/C=C(\C)CCCC(C)C(=O)C(O)C=C(C)C)c1. The molecular formula is C28H40O5. The molecule has 0 bridgehead atoms. The Balaban J connectivity index is 2.56. The van der Waals surface area contributed by atoms with Crippen molar-refractivity contribution in [1.82, 2.24) is 0 Å². The lowest BCUT2D eigenvalue weighted by Crippen LogP contribution is -2.25. The number of benzene rings is 1. The molecule has 2 N–H and O–H groups in total. The number of methoxy groups -OCH3 is 1. The van der Waals surface area contributed by atoms with Gasteiger partial charge in [0.1, 0.15) is 17.6 Å². The van der Waals surface area contributed by atoms with Crippen molar-refractivity contribution in [2.45, 2.75) is 79.8 Å². The third-order valence-corrected chi connectivity index (χ3v) is 5.60. The Hall–Kier alpha value is -2.66. The minimum absolute atomic E-state index is 0.0374. The first-order valence-electron chi connectivity index (χ1n) is 11.5. The van der Waals surface area contributed by atoms with Crippen molar-refractivity contribution >= 4 is 11.6 Å². The Morgan fingerprint density at radius 1 is 1.12 bits per heavy atom. The van der Waals surface area contributed by atoms with Crippen molar-refractivity contribution in [2.75, 3.05) is 7.11 Å². The first-order chi connectivity index (χ1) is 15.4. The normalized spacial score (nSPS) is 13.9. The molecule has 0 spiro atoms. The van der Waals surface area contributed by atoms with E-state index in [1.165, 1.54) is 0 Å². The van der Waals surface area contributed by atoms with Crippen LogP contribution in [0.4, 0.5) is 0 Å². The Kier molecular flexibility index (Phi) is 11.9. The quantitative estimate of drug-likeness (QED) is 0.289. The molecule has 0 saturated heterocycles. The predicted molar refractivity (Wildman–Crippen MR) is 134 cm³/mol. The average Bonchev–Trinajstić information content (AvgIpc) is 2.73. The van der Waals surface area contributed by atoms with Gasteiger partial charge >= 0.3 is 0 Å². The first-order valence-corrected chi connectivity index (χ1v) is 11.5. The number of aliphatic hydroxyl groups is 1. The molecule has 0 aliphatic heterocycles. The number of aliphatic hydroxyl groups excluding tert-OH is 1. The smallest absolute Gasteiger partial charge is 0.167 e. The summed E-state index contributed by atoms with van der Waals surface area (Å²) in [7, 11) is 1.59. The van der Waals surface area contributed by atoms with Crippen LogP contribution in [-0.4, -0.2) is 35.0 Å². The van der Waals surface area contributed by atoms with Gasteiger partial charge in [0.25, 0.3) is 0 Å². The van der Waals surface area contributed by atoms with E-state index in [1.54, 1.807) is 25.3 Å². The van der Waals surface area contributed by atoms with Gasteiger partial charge in [-0.3, -0.25) is 9.59 Å². The summed E-state index contributed by atoms with van der Waals surface area (Å²) < 4.78 is 5.27. The van der Waals surface area contributed by atoms with Gasteiger partial charge in [0.15, 0.2) is 11.6 Å². The minimum atomic E-state index is -1.04. The largest absolute Gasteiger partial charge is 0.507 e. The predicted octanol–water partition coefficient (Wildman–Crippen LogP) is 5.81. The molecule has 1 rings (SSSR count). The highest BCUT2D eigenvalue weighted by atomic mass is 16.5. The Bertz CT molecular complexity index is 916. The summed E-state index contributed by atoms with van der Waals surface area (Å²) in [5, 5.41) is 20.2. The van der Waals surface area contributed by atoms with Crippen molar-refractivity contribution < 1.29 is 24.5 Å². The number of rotatable bonds is 13. The Labute approximate surface area is 198 Å². The number of aromatic hydroxyl groups is 1. The second kappa shape index (κ2) is 13.8. The van der Waals surface area contributed by atoms with Gasteiger partial charge in [-0.1, -0.05) is 35.8 Å². The highest BCUT2D eigenvalue weighted by molar-refractivity contribution is 5.92. The number of ether oxygens (including phenoxy) is 1. The van der Waals surface area contributed by atoms with E-state index in [0.717, 1.165) is 40.7 Å². The van der Waals surface area contributed by atoms with Crippen molar-refractivity contribution in [3.8, 4) is 11.5 Å². The fourth-order valence-electron chi connectivity index (χ4n) is 3.64. The summed E-state index contributed by atoms with van der Waals surface area (Å²) in [4.78, 5) is 24.6. The third-order valence-electron chi connectivity index (χ3n) is 5.60. The number of allylic oxidation sites excluding steroid dienone is 5. The van der Waals surface area contributed by atoms with E-state index in [0.29, 0.717) is 25.0 Å². The van der Waals surface area contributed by atoms with Crippen LogP contribution in [-0.2, 0) is 16.0 Å². The molecule has 5 heteroatoms. The number of Topliss-reactive ketones (excluding diaryl/α,β-unsaturated/α-hetero) is 1. The van der Waals surface area contributed by atoms with Gasteiger partial charge in [-0.15, -0.1) is 0 Å². The summed E-state index contributed by atoms with van der Waals surface area (Å²) in [6.07, 6.45) is 7.22. The topological polar surface area (TPSA) is 83.8 Å². The van der Waals surface area contributed by atoms with Gasteiger partial charge in [-0.25, -0.2) is 0 Å². The fraction of sp³-hybridized carbons (Fsp3) is 0.500. The van der Waals surface area contributed by atoms with E-state index >= 15 is 0 Å². The summed E-state index contributed by atoms with van der Waals surface area (Å²) in [5.41, 5.74) is 4.37. The molecule has 0 heterocycles. The van der Waals surface area contributed by atoms with E-state index in [2.05, 4.69) is 0 Å². The van der Waals surface area contributed by atoms with E-state index in [1.807, 2.05) is 53.7 Å². The van der Waals surface area contributed by atoms with Gasteiger partial charge in [0.2, 0.25) is 0 Å². The van der Waals surface area contributed by atoms with Crippen LogP contribution in [0.3, 0.4) is 0 Å². The Morgan fingerprint density at radius 3 is 2.39 bits per heavy atom. The molecule has 0 amide bonds. The first kappa shape index (κ1) is 28.4. The van der Waals surface area contributed by atoms with Crippen LogP contribution in [0, 0.1) is 12.8 Å². The maximum atomic E-state index is 12.4. The van der Waals surface area contributed by atoms with Gasteiger partial charge in [0.05, 0.1) is 7.11 Å². The number of hydrogen-bond donors (Lipinski definition) is 2. The lowest BCUT2D eigenvalue weighted by molar-refractivity contribution is -0.128. The average molecular weight is 457 g/mol. The highest BCUT2D eigenvalue weighted by Crippen LogP contribution is 2.28. The molecule has 0 aliphatic rings. The number of phenolic OH excluding ortho intramolecular Hbond substituents is 1. The monoisotopic (exact) mass is 456 g/mol. The zero-order valence-corrected chi connectivity index (χ0v) is 21.2. The summed E-state index contributed by atoms with van der Waals surface area (Å²) in [6, 6.07) is 3.59. The second-order valence-corrected chi connectivity index (χ2v) is 9.22. The van der Waals surface area contributed by atoms with Crippen LogP contribution < -0.4 is 4.74 Å². The van der Waals surface area contributed by atoms with E-state index in [9.17, 15) is 19.8 Å². The van der Waals surface area contributed by atoms with Crippen molar-refractivity contribution in [3.63, 3.8) is 0 Å². The molecule has 0 radical (unpaired) electrons. The number of hydrogen-bond acceptors (Lipinski definition) is 5. The number of ketones is 2. The maximum Gasteiger partial charge on any atom is 0.167 e.